The summed E-state index contributed by atoms with van der Waals surface area (Å²) < 4.78 is 28.7. The van der Waals surface area contributed by atoms with E-state index < -0.39 is 20.1 Å². The number of hydrogen-bond donors (Lipinski definition) is 4. The van der Waals surface area contributed by atoms with E-state index in [2.05, 4.69) is 9.19 Å². The molecule has 0 saturated heterocycles. The molecule has 0 radical (unpaired) electrons. The van der Waals surface area contributed by atoms with Crippen molar-refractivity contribution in [1.82, 2.24) is 0 Å². The molecule has 2 rings (SSSR count). The van der Waals surface area contributed by atoms with Crippen LogP contribution >= 0.6 is 0 Å². The van der Waals surface area contributed by atoms with Gasteiger partial charge in [-0.1, -0.05) is 12.1 Å². The summed E-state index contributed by atoms with van der Waals surface area (Å²) in [5, 5.41) is 19.3. The minimum absolute atomic E-state index is 0.00438. The maximum absolute atomic E-state index is 11.2. The Morgan fingerprint density at radius 3 is 2.08 bits per heavy atom. The molecular formula is C16H18AsNO8. The monoisotopic (exact) mass is 427 g/mol. The van der Waals surface area contributed by atoms with Gasteiger partial charge in [-0.25, -0.2) is 4.79 Å². The van der Waals surface area contributed by atoms with Crippen LogP contribution in [-0.4, -0.2) is 47.6 Å². The summed E-state index contributed by atoms with van der Waals surface area (Å²) in [5.41, 5.74) is 0.690. The standard InChI is InChI=1S/C8H10AsNO5.C8H8O3/c1-6(11)10-8-4-2-7(3-5-8)9(12,13)15-14;1-11-7-5-3-2-4-6(7)8(9)10/h2-5,14H,1H3,(H,10,11)(H,12,13);2-5H,1H3,(H,9,10). The number of para-hydroxylation sites is 1. The third-order valence-corrected chi connectivity index (χ3v) is 5.42. The van der Waals surface area contributed by atoms with Gasteiger partial charge in [0.25, 0.3) is 0 Å². The van der Waals surface area contributed by atoms with Gasteiger partial charge in [-0.3, -0.25) is 0 Å². The number of nitrogens with one attached hydrogen (secondary N) is 1. The molecule has 4 N–H and O–H groups in total. The SMILES string of the molecule is CC(=O)Nc1ccc([As](=O)(O)OO)cc1.COc1ccccc1C(=O)O. The fourth-order valence-electron chi connectivity index (χ4n) is 1.80. The molecule has 2 aromatic carbocycles. The number of carbonyl (C=O) groups is 2. The van der Waals surface area contributed by atoms with Crippen molar-refractivity contribution in [1.29, 1.82) is 0 Å². The minimum atomic E-state index is -4.76. The first-order chi connectivity index (χ1) is 12.2. The van der Waals surface area contributed by atoms with Crippen molar-refractivity contribution in [2.75, 3.05) is 12.4 Å². The maximum Gasteiger partial charge on any atom is 0.339 e. The molecular weight excluding hydrogens is 409 g/mol. The number of hydrogen-bond acceptors (Lipinski definition) is 6. The summed E-state index contributed by atoms with van der Waals surface area (Å²) in [4.78, 5) is 21.2. The minimum Gasteiger partial charge on any atom is -0.496 e. The zero-order valence-corrected chi connectivity index (χ0v) is 15.8. The second kappa shape index (κ2) is 9.79. The summed E-state index contributed by atoms with van der Waals surface area (Å²) in [6.45, 7) is 1.35. The van der Waals surface area contributed by atoms with Crippen LogP contribution in [0, 0.1) is 0 Å². The van der Waals surface area contributed by atoms with Gasteiger partial charge >= 0.3 is 94.4 Å². The molecule has 0 spiro atoms. The average molecular weight is 427 g/mol. The smallest absolute Gasteiger partial charge is 0.339 e. The third-order valence-electron chi connectivity index (χ3n) is 2.96. The van der Waals surface area contributed by atoms with Crippen LogP contribution in [0.5, 0.6) is 5.75 Å². The Labute approximate surface area is 152 Å². The molecule has 0 aromatic heterocycles. The van der Waals surface area contributed by atoms with Gasteiger partial charge in [0, 0.05) is 0 Å². The van der Waals surface area contributed by atoms with Crippen LogP contribution in [0.1, 0.15) is 17.3 Å². The molecule has 0 fully saturated rings. The van der Waals surface area contributed by atoms with E-state index in [1.165, 1.54) is 44.4 Å². The molecule has 0 aliphatic heterocycles. The van der Waals surface area contributed by atoms with Gasteiger partial charge in [-0.15, -0.1) is 0 Å². The van der Waals surface area contributed by atoms with Gasteiger partial charge in [0.15, 0.2) is 0 Å². The van der Waals surface area contributed by atoms with Gasteiger partial charge in [0.05, 0.1) is 7.11 Å². The van der Waals surface area contributed by atoms with E-state index in [0.29, 0.717) is 11.4 Å². The number of carbonyl (C=O) groups excluding carboxylic acids is 1. The van der Waals surface area contributed by atoms with Gasteiger partial charge in [-0.05, 0) is 12.1 Å². The van der Waals surface area contributed by atoms with E-state index >= 15 is 0 Å². The molecule has 1 amide bonds. The van der Waals surface area contributed by atoms with E-state index in [1.807, 2.05) is 0 Å². The number of aromatic carboxylic acids is 1. The van der Waals surface area contributed by atoms with Gasteiger partial charge < -0.3 is 9.84 Å². The molecule has 9 nitrogen and oxygen atoms in total. The van der Waals surface area contributed by atoms with Gasteiger partial charge in [0.1, 0.15) is 11.3 Å². The number of anilines is 1. The van der Waals surface area contributed by atoms with Crippen LogP contribution < -0.4 is 14.4 Å². The van der Waals surface area contributed by atoms with Crippen molar-refractivity contribution in [2.45, 2.75) is 6.92 Å². The first-order valence-corrected chi connectivity index (χ1v) is 10.4. The third kappa shape index (κ3) is 6.38. The summed E-state index contributed by atoms with van der Waals surface area (Å²) in [7, 11) is 1.45. The Morgan fingerprint density at radius 1 is 1.08 bits per heavy atom. The molecule has 0 aliphatic carbocycles. The maximum atomic E-state index is 11.2. The summed E-state index contributed by atoms with van der Waals surface area (Å²) in [6.07, 6.45) is 0. The van der Waals surface area contributed by atoms with Gasteiger partial charge in [-0.2, -0.15) is 0 Å². The number of carboxylic acids is 1. The van der Waals surface area contributed by atoms with Crippen molar-refractivity contribution in [2.24, 2.45) is 0 Å². The molecule has 0 bridgehead atoms. The van der Waals surface area contributed by atoms with E-state index in [0.717, 1.165) is 0 Å². The molecule has 2 aromatic rings. The molecule has 1 atom stereocenters. The fraction of sp³-hybridized carbons (Fsp3) is 0.125. The number of amides is 1. The molecule has 10 heteroatoms. The summed E-state index contributed by atoms with van der Waals surface area (Å²) >= 11 is -4.76. The van der Waals surface area contributed by atoms with Crippen LogP contribution in [0.2, 0.25) is 0 Å². The largest absolute Gasteiger partial charge is 0.496 e. The van der Waals surface area contributed by atoms with E-state index in [-0.39, 0.29) is 15.8 Å². The van der Waals surface area contributed by atoms with Crippen molar-refractivity contribution < 1.29 is 36.4 Å². The zero-order chi connectivity index (χ0) is 19.7. The molecule has 0 aliphatic rings. The Balaban J connectivity index is 0.000000273. The summed E-state index contributed by atoms with van der Waals surface area (Å²) in [6, 6.07) is 12.0. The normalized spacial score (nSPS) is 12.2. The van der Waals surface area contributed by atoms with Crippen LogP contribution in [0.3, 0.4) is 0 Å². The molecule has 26 heavy (non-hydrogen) atoms. The quantitative estimate of drug-likeness (QED) is 0.316. The van der Waals surface area contributed by atoms with Crippen LogP contribution in [0.4, 0.5) is 5.69 Å². The first kappa shape index (κ1) is 21.5. The van der Waals surface area contributed by atoms with Crippen LogP contribution in [0.15, 0.2) is 48.5 Å². The number of rotatable bonds is 5. The number of methoxy groups -OCH3 is 1. The number of ether oxygens (including phenoxy) is 1. The fourth-order valence-corrected chi connectivity index (χ4v) is 3.11. The van der Waals surface area contributed by atoms with Crippen LogP contribution in [-0.2, 0) is 12.4 Å². The van der Waals surface area contributed by atoms with Crippen molar-refractivity contribution in [3.63, 3.8) is 0 Å². The molecule has 0 saturated carbocycles. The summed E-state index contributed by atoms with van der Waals surface area (Å²) in [5.74, 6) is -0.818. The Morgan fingerprint density at radius 2 is 1.65 bits per heavy atom. The zero-order valence-electron chi connectivity index (χ0n) is 13.9. The second-order valence-electron chi connectivity index (χ2n) is 4.84. The number of carboxylic acid groups (broad SMARTS) is 1. The van der Waals surface area contributed by atoms with Gasteiger partial charge in [0.2, 0.25) is 0 Å². The topological polar surface area (TPSA) is 142 Å². The predicted molar refractivity (Wildman–Crippen MR) is 92.7 cm³/mol. The van der Waals surface area contributed by atoms with Crippen LogP contribution in [0.25, 0.3) is 0 Å². The Bertz CT molecular complexity index is 806. The van der Waals surface area contributed by atoms with E-state index in [9.17, 15) is 13.3 Å². The second-order valence-corrected chi connectivity index (χ2v) is 8.45. The first-order valence-electron chi connectivity index (χ1n) is 7.11. The van der Waals surface area contributed by atoms with E-state index in [1.54, 1.807) is 18.2 Å². The Kier molecular flexibility index (Phi) is 8.08. The van der Waals surface area contributed by atoms with Crippen molar-refractivity contribution in [3.8, 4) is 5.75 Å². The van der Waals surface area contributed by atoms with Crippen molar-refractivity contribution in [3.05, 3.63) is 54.1 Å². The predicted octanol–water partition coefficient (Wildman–Crippen LogP) is 1.10. The number of benzene rings is 2. The van der Waals surface area contributed by atoms with Crippen molar-refractivity contribution >= 4 is 36.1 Å². The average Bonchev–Trinajstić information content (AvgIpc) is 2.62. The van der Waals surface area contributed by atoms with E-state index in [4.69, 9.17) is 19.2 Å². The molecule has 1 unspecified atom stereocenters. The Hall–Kier alpha value is -2.58. The molecule has 0 heterocycles. The molecule has 140 valence electrons.